The number of hydrogen-bond donors (Lipinski definition) is 0. The van der Waals surface area contributed by atoms with E-state index in [0.717, 1.165) is 12.0 Å². The predicted octanol–water partition coefficient (Wildman–Crippen LogP) is 3.62. The SMILES string of the molecule is CCN(CC(=O)N1CCCN(c2ccc(-c3ccc(F)cc3)nn2)CC1)C(=O)c1ccccc1F. The van der Waals surface area contributed by atoms with Gasteiger partial charge in [0.25, 0.3) is 5.91 Å². The van der Waals surface area contributed by atoms with E-state index in [1.54, 1.807) is 30.0 Å². The second kappa shape index (κ2) is 11.0. The van der Waals surface area contributed by atoms with Gasteiger partial charge in [0.2, 0.25) is 5.91 Å². The van der Waals surface area contributed by atoms with Gasteiger partial charge in [-0.05, 0) is 61.9 Å². The molecule has 0 unspecified atom stereocenters. The molecule has 1 aliphatic heterocycles. The van der Waals surface area contributed by atoms with Crippen molar-refractivity contribution in [2.45, 2.75) is 13.3 Å². The Hall–Kier alpha value is -3.88. The molecule has 35 heavy (non-hydrogen) atoms. The van der Waals surface area contributed by atoms with Gasteiger partial charge >= 0.3 is 0 Å². The van der Waals surface area contributed by atoms with Gasteiger partial charge in [-0.2, -0.15) is 0 Å². The van der Waals surface area contributed by atoms with Crippen LogP contribution in [0.25, 0.3) is 11.3 Å². The highest BCUT2D eigenvalue weighted by Gasteiger charge is 2.25. The van der Waals surface area contributed by atoms with Gasteiger partial charge in [0.05, 0.1) is 11.3 Å². The minimum absolute atomic E-state index is 0.0353. The molecule has 0 atom stereocenters. The summed E-state index contributed by atoms with van der Waals surface area (Å²) in [5.74, 6) is -0.862. The Labute approximate surface area is 203 Å². The van der Waals surface area contributed by atoms with E-state index in [1.807, 2.05) is 12.1 Å². The third-order valence-corrected chi connectivity index (χ3v) is 6.06. The van der Waals surface area contributed by atoms with Crippen LogP contribution in [0.2, 0.25) is 0 Å². The minimum atomic E-state index is -0.597. The average Bonchev–Trinajstić information content (AvgIpc) is 3.14. The zero-order chi connectivity index (χ0) is 24.8. The maximum atomic E-state index is 14.0. The normalized spacial score (nSPS) is 13.9. The number of anilines is 1. The molecule has 0 saturated carbocycles. The Kier molecular flexibility index (Phi) is 7.64. The number of benzene rings is 2. The highest BCUT2D eigenvalue weighted by Crippen LogP contribution is 2.20. The zero-order valence-electron chi connectivity index (χ0n) is 19.5. The van der Waals surface area contributed by atoms with Gasteiger partial charge in [-0.3, -0.25) is 9.59 Å². The second-order valence-electron chi connectivity index (χ2n) is 8.30. The summed E-state index contributed by atoms with van der Waals surface area (Å²) in [5, 5.41) is 8.60. The summed E-state index contributed by atoms with van der Waals surface area (Å²) in [4.78, 5) is 30.9. The monoisotopic (exact) mass is 479 g/mol. The zero-order valence-corrected chi connectivity index (χ0v) is 19.5. The van der Waals surface area contributed by atoms with Gasteiger partial charge in [-0.1, -0.05) is 12.1 Å². The molecule has 0 N–H and O–H groups in total. The number of amides is 2. The van der Waals surface area contributed by atoms with Gasteiger partial charge in [0.15, 0.2) is 5.82 Å². The van der Waals surface area contributed by atoms with Crippen molar-refractivity contribution in [3.05, 3.63) is 77.9 Å². The lowest BCUT2D eigenvalue weighted by molar-refractivity contribution is -0.131. The minimum Gasteiger partial charge on any atom is -0.353 e. The molecule has 7 nitrogen and oxygen atoms in total. The molecule has 2 amide bonds. The molecule has 0 bridgehead atoms. The van der Waals surface area contributed by atoms with Crippen LogP contribution < -0.4 is 4.90 Å². The summed E-state index contributed by atoms with van der Waals surface area (Å²) >= 11 is 0. The first-order chi connectivity index (χ1) is 17.0. The van der Waals surface area contributed by atoms with Crippen molar-refractivity contribution in [1.29, 1.82) is 0 Å². The van der Waals surface area contributed by atoms with Crippen LogP contribution in [-0.2, 0) is 4.79 Å². The summed E-state index contributed by atoms with van der Waals surface area (Å²) in [6.45, 7) is 4.28. The van der Waals surface area contributed by atoms with E-state index in [-0.39, 0.29) is 23.8 Å². The lowest BCUT2D eigenvalue weighted by Gasteiger charge is -2.26. The van der Waals surface area contributed by atoms with E-state index in [9.17, 15) is 18.4 Å². The van der Waals surface area contributed by atoms with Gasteiger partial charge in [-0.25, -0.2) is 8.78 Å². The first-order valence-corrected chi connectivity index (χ1v) is 11.6. The highest BCUT2D eigenvalue weighted by atomic mass is 19.1. The van der Waals surface area contributed by atoms with Gasteiger partial charge in [0.1, 0.15) is 18.2 Å². The predicted molar refractivity (Wildman–Crippen MR) is 129 cm³/mol. The summed E-state index contributed by atoms with van der Waals surface area (Å²) in [6.07, 6.45) is 0.737. The molecule has 0 spiro atoms. The van der Waals surface area contributed by atoms with Crippen LogP contribution in [0.1, 0.15) is 23.7 Å². The first-order valence-electron chi connectivity index (χ1n) is 11.6. The molecule has 9 heteroatoms. The third kappa shape index (κ3) is 5.79. The lowest BCUT2D eigenvalue weighted by atomic mass is 10.1. The fourth-order valence-corrected chi connectivity index (χ4v) is 4.06. The smallest absolute Gasteiger partial charge is 0.257 e. The standard InChI is InChI=1S/C26H27F2N5O2/c1-2-31(26(35)21-6-3-4-7-22(21)28)18-25(34)33-15-5-14-32(16-17-33)24-13-12-23(29-30-24)19-8-10-20(27)11-9-19/h3-4,6-13H,2,5,14-18H2,1H3. The van der Waals surface area contributed by atoms with Crippen LogP contribution in [0.15, 0.2) is 60.7 Å². The molecule has 0 aliphatic carbocycles. The van der Waals surface area contributed by atoms with Crippen molar-refractivity contribution in [2.75, 3.05) is 44.2 Å². The van der Waals surface area contributed by atoms with E-state index in [4.69, 9.17) is 0 Å². The number of nitrogens with zero attached hydrogens (tertiary/aromatic N) is 5. The summed E-state index contributed by atoms with van der Waals surface area (Å²) in [6, 6.07) is 15.6. The summed E-state index contributed by atoms with van der Waals surface area (Å²) < 4.78 is 27.2. The molecular weight excluding hydrogens is 452 g/mol. The van der Waals surface area contributed by atoms with Crippen LogP contribution in [0.4, 0.5) is 14.6 Å². The quantitative estimate of drug-likeness (QED) is 0.540. The molecule has 1 saturated heterocycles. The van der Waals surface area contributed by atoms with Crippen LogP contribution in [0.3, 0.4) is 0 Å². The Morgan fingerprint density at radius 3 is 2.37 bits per heavy atom. The Morgan fingerprint density at radius 1 is 0.914 bits per heavy atom. The molecule has 1 fully saturated rings. The number of rotatable bonds is 6. The maximum absolute atomic E-state index is 14.0. The van der Waals surface area contributed by atoms with Crippen molar-refractivity contribution in [3.8, 4) is 11.3 Å². The fraction of sp³-hybridized carbons (Fsp3) is 0.308. The van der Waals surface area contributed by atoms with Gasteiger partial charge in [-0.15, -0.1) is 10.2 Å². The summed E-state index contributed by atoms with van der Waals surface area (Å²) in [5.41, 5.74) is 1.40. The molecular formula is C26H27F2N5O2. The van der Waals surface area contributed by atoms with Crippen LogP contribution in [0, 0.1) is 11.6 Å². The number of carbonyl (C=O) groups excluding carboxylic acids is 2. The van der Waals surface area contributed by atoms with Crippen LogP contribution in [-0.4, -0.2) is 71.1 Å². The summed E-state index contributed by atoms with van der Waals surface area (Å²) in [7, 11) is 0. The average molecular weight is 480 g/mol. The van der Waals surface area contributed by atoms with Crippen molar-refractivity contribution in [2.24, 2.45) is 0 Å². The first kappa shape index (κ1) is 24.3. The van der Waals surface area contributed by atoms with Crippen molar-refractivity contribution in [1.82, 2.24) is 20.0 Å². The molecule has 2 heterocycles. The Balaban J connectivity index is 1.36. The number of likely N-dealkylation sites (N-methyl/N-ethyl adjacent to an activating group) is 1. The molecule has 0 radical (unpaired) electrons. The largest absolute Gasteiger partial charge is 0.353 e. The molecule has 2 aromatic carbocycles. The molecule has 1 aliphatic rings. The van der Waals surface area contributed by atoms with E-state index < -0.39 is 11.7 Å². The maximum Gasteiger partial charge on any atom is 0.257 e. The molecule has 3 aromatic rings. The number of hydrogen-bond acceptors (Lipinski definition) is 5. The Morgan fingerprint density at radius 2 is 1.69 bits per heavy atom. The topological polar surface area (TPSA) is 69.6 Å². The Bertz CT molecular complexity index is 1170. The molecule has 4 rings (SSSR count). The van der Waals surface area contributed by atoms with Gasteiger partial charge in [0, 0.05) is 38.3 Å². The third-order valence-electron chi connectivity index (χ3n) is 6.06. The highest BCUT2D eigenvalue weighted by molar-refractivity contribution is 5.96. The van der Waals surface area contributed by atoms with E-state index in [0.29, 0.717) is 44.2 Å². The van der Waals surface area contributed by atoms with Crippen LogP contribution in [0.5, 0.6) is 0 Å². The van der Waals surface area contributed by atoms with Gasteiger partial charge < -0.3 is 14.7 Å². The van der Waals surface area contributed by atoms with E-state index in [2.05, 4.69) is 15.1 Å². The number of carbonyl (C=O) groups is 2. The van der Waals surface area contributed by atoms with Crippen molar-refractivity contribution >= 4 is 17.6 Å². The van der Waals surface area contributed by atoms with E-state index >= 15 is 0 Å². The van der Waals surface area contributed by atoms with Crippen molar-refractivity contribution in [3.63, 3.8) is 0 Å². The number of aromatic nitrogens is 2. The van der Waals surface area contributed by atoms with Crippen molar-refractivity contribution < 1.29 is 18.4 Å². The molecule has 182 valence electrons. The second-order valence-corrected chi connectivity index (χ2v) is 8.30. The lowest BCUT2D eigenvalue weighted by Crippen LogP contribution is -2.44. The fourth-order valence-electron chi connectivity index (χ4n) is 4.06. The van der Waals surface area contributed by atoms with E-state index in [1.165, 1.54) is 35.2 Å². The molecule has 1 aromatic heterocycles. The number of halogens is 2. The van der Waals surface area contributed by atoms with Crippen LogP contribution >= 0.6 is 0 Å².